The first-order valence-corrected chi connectivity index (χ1v) is 7.36. The highest BCUT2D eigenvalue weighted by Gasteiger charge is 2.24. The summed E-state index contributed by atoms with van der Waals surface area (Å²) < 4.78 is 5.77. The number of piperazine rings is 1. The van der Waals surface area contributed by atoms with Crippen molar-refractivity contribution in [2.75, 3.05) is 39.4 Å². The molecule has 0 bridgehead atoms. The van der Waals surface area contributed by atoms with Crippen molar-refractivity contribution in [1.29, 1.82) is 0 Å². The van der Waals surface area contributed by atoms with Gasteiger partial charge in [-0.3, -0.25) is 9.88 Å². The van der Waals surface area contributed by atoms with Gasteiger partial charge in [0.2, 0.25) is 0 Å². The minimum absolute atomic E-state index is 0.437. The second-order valence-electron chi connectivity index (χ2n) is 5.56. The van der Waals surface area contributed by atoms with Gasteiger partial charge in [-0.1, -0.05) is 6.07 Å². The molecular formula is C15H23N3O. The van der Waals surface area contributed by atoms with Crippen molar-refractivity contribution in [2.45, 2.75) is 18.9 Å². The Kier molecular flexibility index (Phi) is 4.43. The van der Waals surface area contributed by atoms with E-state index in [4.69, 9.17) is 4.74 Å². The Morgan fingerprint density at radius 1 is 1.42 bits per heavy atom. The number of nitrogens with one attached hydrogen (secondary N) is 1. The molecule has 1 N–H and O–H groups in total. The van der Waals surface area contributed by atoms with Crippen LogP contribution in [0.3, 0.4) is 0 Å². The van der Waals surface area contributed by atoms with Gasteiger partial charge in [0.05, 0.1) is 6.61 Å². The van der Waals surface area contributed by atoms with Crippen LogP contribution in [0.5, 0.6) is 0 Å². The molecule has 2 fully saturated rings. The molecule has 0 aromatic carbocycles. The van der Waals surface area contributed by atoms with Crippen LogP contribution >= 0.6 is 0 Å². The molecule has 4 nitrogen and oxygen atoms in total. The number of pyridine rings is 1. The molecule has 2 heterocycles. The number of hydrogen-bond acceptors (Lipinski definition) is 4. The lowest BCUT2D eigenvalue weighted by atomic mass is 10.1. The van der Waals surface area contributed by atoms with Crippen molar-refractivity contribution in [3.8, 4) is 0 Å². The fourth-order valence-electron chi connectivity index (χ4n) is 2.63. The van der Waals surface area contributed by atoms with Crippen LogP contribution in [-0.2, 0) is 4.74 Å². The number of rotatable bonds is 6. The molecule has 1 aromatic rings. The van der Waals surface area contributed by atoms with Gasteiger partial charge in [-0.2, -0.15) is 0 Å². The third-order valence-electron chi connectivity index (χ3n) is 4.00. The highest BCUT2D eigenvalue weighted by Crippen LogP contribution is 2.28. The zero-order valence-electron chi connectivity index (χ0n) is 11.4. The van der Waals surface area contributed by atoms with E-state index in [0.717, 1.165) is 45.3 Å². The maximum atomic E-state index is 5.77. The minimum atomic E-state index is 0.437. The smallest absolute Gasteiger partial charge is 0.0593 e. The van der Waals surface area contributed by atoms with Crippen LogP contribution in [0.2, 0.25) is 0 Å². The van der Waals surface area contributed by atoms with E-state index in [9.17, 15) is 0 Å². The van der Waals surface area contributed by atoms with Gasteiger partial charge in [-0.25, -0.2) is 0 Å². The first-order valence-electron chi connectivity index (χ1n) is 7.36. The highest BCUT2D eigenvalue weighted by atomic mass is 16.5. The molecule has 4 heteroatoms. The fourth-order valence-corrected chi connectivity index (χ4v) is 2.63. The van der Waals surface area contributed by atoms with Crippen molar-refractivity contribution in [3.63, 3.8) is 0 Å². The van der Waals surface area contributed by atoms with Gasteiger partial charge in [-0.05, 0) is 30.4 Å². The molecule has 3 rings (SSSR count). The summed E-state index contributed by atoms with van der Waals surface area (Å²) in [5.41, 5.74) is 1.30. The number of hydrogen-bond donors (Lipinski definition) is 1. The minimum Gasteiger partial charge on any atom is -0.380 e. The van der Waals surface area contributed by atoms with Gasteiger partial charge >= 0.3 is 0 Å². The molecule has 0 spiro atoms. The van der Waals surface area contributed by atoms with Crippen molar-refractivity contribution in [3.05, 3.63) is 30.1 Å². The lowest BCUT2D eigenvalue weighted by Gasteiger charge is -2.36. The molecule has 1 atom stereocenters. The van der Waals surface area contributed by atoms with Crippen LogP contribution in [0.15, 0.2) is 24.5 Å². The summed E-state index contributed by atoms with van der Waals surface area (Å²) in [4.78, 5) is 6.75. The van der Waals surface area contributed by atoms with Gasteiger partial charge < -0.3 is 10.1 Å². The van der Waals surface area contributed by atoms with Crippen LogP contribution in [0.4, 0.5) is 0 Å². The standard InChI is InChI=1S/C15H23N3O/c1-2-14(10-16-5-1)15-11-17-6-7-18(15)8-9-19-12-13-3-4-13/h1-2,5,10,13,15,17H,3-4,6-9,11-12H2. The molecule has 0 radical (unpaired) electrons. The molecular weight excluding hydrogens is 238 g/mol. The van der Waals surface area contributed by atoms with Crippen LogP contribution in [0, 0.1) is 5.92 Å². The summed E-state index contributed by atoms with van der Waals surface area (Å²) >= 11 is 0. The Hall–Kier alpha value is -0.970. The van der Waals surface area contributed by atoms with Gasteiger partial charge in [0.25, 0.3) is 0 Å². The van der Waals surface area contributed by atoms with E-state index in [1.807, 2.05) is 18.5 Å². The zero-order valence-corrected chi connectivity index (χ0v) is 11.4. The monoisotopic (exact) mass is 261 g/mol. The lowest BCUT2D eigenvalue weighted by molar-refractivity contribution is 0.0715. The van der Waals surface area contributed by atoms with E-state index in [1.165, 1.54) is 18.4 Å². The Morgan fingerprint density at radius 3 is 3.16 bits per heavy atom. The Morgan fingerprint density at radius 2 is 2.37 bits per heavy atom. The summed E-state index contributed by atoms with van der Waals surface area (Å²) in [5, 5.41) is 3.47. The third-order valence-corrected chi connectivity index (χ3v) is 4.00. The second kappa shape index (κ2) is 6.46. The van der Waals surface area contributed by atoms with Gasteiger partial charge in [0.15, 0.2) is 0 Å². The van der Waals surface area contributed by atoms with Crippen LogP contribution < -0.4 is 5.32 Å². The van der Waals surface area contributed by atoms with Crippen molar-refractivity contribution in [2.24, 2.45) is 5.92 Å². The van der Waals surface area contributed by atoms with Gasteiger partial charge in [0, 0.05) is 51.2 Å². The Balaban J connectivity index is 1.51. The number of nitrogens with zero attached hydrogens (tertiary/aromatic N) is 2. The molecule has 0 amide bonds. The quantitative estimate of drug-likeness (QED) is 0.787. The summed E-state index contributed by atoms with van der Waals surface area (Å²) in [5.74, 6) is 0.858. The average molecular weight is 261 g/mol. The molecule has 1 aromatic heterocycles. The molecule has 104 valence electrons. The largest absolute Gasteiger partial charge is 0.380 e. The normalized spacial score (nSPS) is 24.5. The fraction of sp³-hybridized carbons (Fsp3) is 0.667. The molecule has 1 aliphatic carbocycles. The predicted octanol–water partition coefficient (Wildman–Crippen LogP) is 1.45. The van der Waals surface area contributed by atoms with E-state index < -0.39 is 0 Å². The molecule has 1 saturated carbocycles. The van der Waals surface area contributed by atoms with Crippen molar-refractivity contribution < 1.29 is 4.74 Å². The van der Waals surface area contributed by atoms with E-state index in [1.54, 1.807) is 0 Å². The van der Waals surface area contributed by atoms with Gasteiger partial charge in [0.1, 0.15) is 0 Å². The maximum absolute atomic E-state index is 5.77. The summed E-state index contributed by atoms with van der Waals surface area (Å²) in [6.07, 6.45) is 6.55. The van der Waals surface area contributed by atoms with Crippen molar-refractivity contribution >= 4 is 0 Å². The lowest BCUT2D eigenvalue weighted by Crippen LogP contribution is -2.47. The number of aromatic nitrogens is 1. The summed E-state index contributed by atoms with van der Waals surface area (Å²) in [6.45, 7) is 6.00. The van der Waals surface area contributed by atoms with Crippen LogP contribution in [0.1, 0.15) is 24.4 Å². The Bertz CT molecular complexity index is 380. The highest BCUT2D eigenvalue weighted by molar-refractivity contribution is 5.15. The van der Waals surface area contributed by atoms with E-state index in [0.29, 0.717) is 6.04 Å². The van der Waals surface area contributed by atoms with Crippen LogP contribution in [0.25, 0.3) is 0 Å². The number of ether oxygens (including phenoxy) is 1. The maximum Gasteiger partial charge on any atom is 0.0593 e. The van der Waals surface area contributed by atoms with Crippen LogP contribution in [-0.4, -0.2) is 49.3 Å². The van der Waals surface area contributed by atoms with Gasteiger partial charge in [-0.15, -0.1) is 0 Å². The van der Waals surface area contributed by atoms with Crippen molar-refractivity contribution in [1.82, 2.24) is 15.2 Å². The topological polar surface area (TPSA) is 37.4 Å². The molecule has 19 heavy (non-hydrogen) atoms. The van der Waals surface area contributed by atoms with E-state index >= 15 is 0 Å². The molecule has 2 aliphatic rings. The molecule has 1 saturated heterocycles. The molecule has 1 unspecified atom stereocenters. The second-order valence-corrected chi connectivity index (χ2v) is 5.56. The predicted molar refractivity (Wildman–Crippen MR) is 75.0 cm³/mol. The first-order chi connectivity index (χ1) is 9.43. The third kappa shape index (κ3) is 3.75. The summed E-state index contributed by atoms with van der Waals surface area (Å²) in [7, 11) is 0. The van der Waals surface area contributed by atoms with E-state index in [-0.39, 0.29) is 0 Å². The molecule has 1 aliphatic heterocycles. The SMILES string of the molecule is c1cncc(C2CNCCN2CCOCC2CC2)c1. The Labute approximate surface area is 115 Å². The summed E-state index contributed by atoms with van der Waals surface area (Å²) in [6, 6.07) is 4.63. The average Bonchev–Trinajstić information content (AvgIpc) is 3.29. The first kappa shape index (κ1) is 13.0. The zero-order chi connectivity index (χ0) is 12.9. The van der Waals surface area contributed by atoms with E-state index in [2.05, 4.69) is 21.3 Å².